The Hall–Kier alpha value is -1.61. The number of thiophene rings is 1. The molecule has 0 bridgehead atoms. The number of ether oxygens (including phenoxy) is 1. The van der Waals surface area contributed by atoms with Crippen LogP contribution in [-0.2, 0) is 5.41 Å². The van der Waals surface area contributed by atoms with Crippen LogP contribution in [-0.4, -0.2) is 12.4 Å². The van der Waals surface area contributed by atoms with Crippen LogP contribution in [0.25, 0.3) is 0 Å². The number of hydrogen-bond acceptors (Lipinski definition) is 3. The summed E-state index contributed by atoms with van der Waals surface area (Å²) in [5, 5.41) is 0. The lowest BCUT2D eigenvalue weighted by Gasteiger charge is -2.24. The van der Waals surface area contributed by atoms with E-state index in [-0.39, 0.29) is 17.1 Å². The molecule has 1 aliphatic rings. The maximum atomic E-state index is 12.9. The summed E-state index contributed by atoms with van der Waals surface area (Å²) in [5.41, 5.74) is 1.12. The van der Waals surface area contributed by atoms with Gasteiger partial charge in [-0.1, -0.05) is 39.0 Å². The minimum absolute atomic E-state index is 0.0681. The molecule has 1 aliphatic heterocycles. The van der Waals surface area contributed by atoms with E-state index >= 15 is 0 Å². The van der Waals surface area contributed by atoms with Crippen molar-refractivity contribution in [3.63, 3.8) is 0 Å². The number of Topliss-reactive ketones (excluding diaryl/α,β-unsaturated/α-hetero) is 1. The minimum atomic E-state index is -0.0681. The van der Waals surface area contributed by atoms with Crippen LogP contribution in [0.1, 0.15) is 53.2 Å². The van der Waals surface area contributed by atoms with Crippen molar-refractivity contribution in [3.8, 4) is 5.75 Å². The van der Waals surface area contributed by atoms with E-state index in [1.165, 1.54) is 4.88 Å². The van der Waals surface area contributed by atoms with Gasteiger partial charge in [0.1, 0.15) is 5.75 Å². The highest BCUT2D eigenvalue weighted by Crippen LogP contribution is 2.38. The van der Waals surface area contributed by atoms with Crippen molar-refractivity contribution >= 4 is 17.1 Å². The second-order valence-electron chi connectivity index (χ2n) is 6.51. The number of rotatable bonds is 2. The first kappa shape index (κ1) is 14.3. The Bertz CT molecular complexity index is 664. The number of fused-ring (bicyclic) bond motifs is 1. The van der Waals surface area contributed by atoms with Crippen molar-refractivity contribution in [1.29, 1.82) is 0 Å². The van der Waals surface area contributed by atoms with Gasteiger partial charge in [-0.05, 0) is 30.0 Å². The van der Waals surface area contributed by atoms with Crippen molar-refractivity contribution in [1.82, 2.24) is 0 Å². The first-order valence-corrected chi connectivity index (χ1v) is 8.15. The molecule has 2 heterocycles. The van der Waals surface area contributed by atoms with Gasteiger partial charge >= 0.3 is 0 Å². The van der Waals surface area contributed by atoms with Crippen molar-refractivity contribution in [2.24, 2.45) is 0 Å². The molecule has 1 unspecified atom stereocenters. The first-order valence-electron chi connectivity index (χ1n) is 7.33. The van der Waals surface area contributed by atoms with Crippen LogP contribution in [0.4, 0.5) is 0 Å². The minimum Gasteiger partial charge on any atom is -0.493 e. The molecule has 21 heavy (non-hydrogen) atoms. The van der Waals surface area contributed by atoms with Gasteiger partial charge in [0.15, 0.2) is 5.78 Å². The molecule has 0 N–H and O–H groups in total. The quantitative estimate of drug-likeness (QED) is 0.745. The van der Waals surface area contributed by atoms with Gasteiger partial charge in [-0.15, -0.1) is 11.3 Å². The predicted octanol–water partition coefficient (Wildman–Crippen LogP) is 4.79. The third-order valence-corrected chi connectivity index (χ3v) is 5.39. The van der Waals surface area contributed by atoms with Gasteiger partial charge in [0.2, 0.25) is 0 Å². The molecule has 1 aromatic heterocycles. The summed E-state index contributed by atoms with van der Waals surface area (Å²) in [6, 6.07) is 11.9. The first-order chi connectivity index (χ1) is 9.97. The summed E-state index contributed by atoms with van der Waals surface area (Å²) in [4.78, 5) is 15.0. The molecule has 0 spiro atoms. The third kappa shape index (κ3) is 2.75. The average molecular weight is 300 g/mol. The van der Waals surface area contributed by atoms with Crippen molar-refractivity contribution in [3.05, 3.63) is 51.7 Å². The van der Waals surface area contributed by atoms with Gasteiger partial charge in [0.25, 0.3) is 0 Å². The standard InChI is InChI=1S/C18H20O2S/c1-18(2,3)16-9-8-15(21-16)17(19)13-10-11-20-14-7-5-4-6-12(13)14/h4-9,13H,10-11H2,1-3H3. The third-order valence-electron chi connectivity index (χ3n) is 3.86. The largest absolute Gasteiger partial charge is 0.493 e. The number of hydrogen-bond donors (Lipinski definition) is 0. The van der Waals surface area contributed by atoms with Crippen LogP contribution >= 0.6 is 11.3 Å². The lowest BCUT2D eigenvalue weighted by Crippen LogP contribution is -2.20. The van der Waals surface area contributed by atoms with Crippen molar-refractivity contribution in [2.45, 2.75) is 38.5 Å². The molecule has 110 valence electrons. The molecule has 3 rings (SSSR count). The number of carbonyl (C=O) groups is 1. The van der Waals surface area contributed by atoms with E-state index in [2.05, 4.69) is 26.8 Å². The van der Waals surface area contributed by atoms with Crippen LogP contribution in [0.3, 0.4) is 0 Å². The SMILES string of the molecule is CC(C)(C)c1ccc(C(=O)C2CCOc3ccccc32)s1. The van der Waals surface area contributed by atoms with Gasteiger partial charge in [0.05, 0.1) is 17.4 Å². The summed E-state index contributed by atoms with van der Waals surface area (Å²) in [7, 11) is 0. The Morgan fingerprint density at radius 1 is 1.19 bits per heavy atom. The molecule has 0 radical (unpaired) electrons. The maximum absolute atomic E-state index is 12.9. The summed E-state index contributed by atoms with van der Waals surface area (Å²) >= 11 is 1.63. The summed E-state index contributed by atoms with van der Waals surface area (Å²) in [5.74, 6) is 1.02. The van der Waals surface area contributed by atoms with Crippen LogP contribution in [0.15, 0.2) is 36.4 Å². The monoisotopic (exact) mass is 300 g/mol. The van der Waals surface area contributed by atoms with Gasteiger partial charge in [0, 0.05) is 10.4 Å². The topological polar surface area (TPSA) is 26.3 Å². The van der Waals surface area contributed by atoms with E-state index in [0.717, 1.165) is 22.6 Å². The van der Waals surface area contributed by atoms with Crippen LogP contribution in [0.2, 0.25) is 0 Å². The number of carbonyl (C=O) groups excluding carboxylic acids is 1. The smallest absolute Gasteiger partial charge is 0.180 e. The molecule has 0 saturated carbocycles. The fourth-order valence-corrected chi connectivity index (χ4v) is 3.72. The number of para-hydroxylation sites is 1. The number of ketones is 1. The Labute approximate surface area is 129 Å². The Morgan fingerprint density at radius 3 is 2.67 bits per heavy atom. The lowest BCUT2D eigenvalue weighted by molar-refractivity contribution is 0.0937. The van der Waals surface area contributed by atoms with Crippen LogP contribution in [0, 0.1) is 0 Å². The van der Waals surface area contributed by atoms with E-state index in [0.29, 0.717) is 6.61 Å². The highest BCUT2D eigenvalue weighted by molar-refractivity contribution is 7.14. The summed E-state index contributed by atoms with van der Waals surface area (Å²) in [6.45, 7) is 7.15. The van der Waals surface area contributed by atoms with E-state index < -0.39 is 0 Å². The molecule has 1 aromatic carbocycles. The second-order valence-corrected chi connectivity index (χ2v) is 7.59. The fraction of sp³-hybridized carbons (Fsp3) is 0.389. The summed E-state index contributed by atoms with van der Waals surface area (Å²) in [6.07, 6.45) is 0.762. The lowest BCUT2D eigenvalue weighted by atomic mass is 9.88. The zero-order valence-corrected chi connectivity index (χ0v) is 13.5. The molecule has 2 aromatic rings. The van der Waals surface area contributed by atoms with Crippen LogP contribution < -0.4 is 4.74 Å². The molecule has 1 atom stereocenters. The Kier molecular flexibility index (Phi) is 3.62. The van der Waals surface area contributed by atoms with Crippen LogP contribution in [0.5, 0.6) is 5.75 Å². The Balaban J connectivity index is 1.92. The van der Waals surface area contributed by atoms with E-state index in [1.807, 2.05) is 30.3 Å². The number of benzene rings is 1. The molecule has 0 saturated heterocycles. The summed E-state index contributed by atoms with van der Waals surface area (Å²) < 4.78 is 5.65. The van der Waals surface area contributed by atoms with Gasteiger partial charge in [-0.25, -0.2) is 0 Å². The van der Waals surface area contributed by atoms with Gasteiger partial charge in [-0.3, -0.25) is 4.79 Å². The normalized spacial score (nSPS) is 18.0. The van der Waals surface area contributed by atoms with Gasteiger partial charge in [-0.2, -0.15) is 0 Å². The predicted molar refractivity (Wildman–Crippen MR) is 86.6 cm³/mol. The van der Waals surface area contributed by atoms with Crippen molar-refractivity contribution < 1.29 is 9.53 Å². The zero-order valence-electron chi connectivity index (χ0n) is 12.7. The second kappa shape index (κ2) is 5.30. The average Bonchev–Trinajstić information content (AvgIpc) is 2.96. The van der Waals surface area contributed by atoms with E-state index in [4.69, 9.17) is 4.74 Å². The zero-order chi connectivity index (χ0) is 15.0. The highest BCUT2D eigenvalue weighted by atomic mass is 32.1. The highest BCUT2D eigenvalue weighted by Gasteiger charge is 2.29. The molecule has 2 nitrogen and oxygen atoms in total. The molecule has 3 heteroatoms. The van der Waals surface area contributed by atoms with Gasteiger partial charge < -0.3 is 4.74 Å². The molecule has 0 fully saturated rings. The fourth-order valence-electron chi connectivity index (χ4n) is 2.66. The van der Waals surface area contributed by atoms with E-state index in [9.17, 15) is 4.79 Å². The molecule has 0 amide bonds. The van der Waals surface area contributed by atoms with E-state index in [1.54, 1.807) is 11.3 Å². The molecule has 0 aliphatic carbocycles. The molecular formula is C18H20O2S. The van der Waals surface area contributed by atoms with Crippen molar-refractivity contribution in [2.75, 3.05) is 6.61 Å². The Morgan fingerprint density at radius 2 is 1.95 bits per heavy atom. The molecular weight excluding hydrogens is 280 g/mol. The maximum Gasteiger partial charge on any atom is 0.180 e.